The molecule has 0 aliphatic carbocycles. The molecule has 0 bridgehead atoms. The highest BCUT2D eigenvalue weighted by Crippen LogP contribution is 2.29. The van der Waals surface area contributed by atoms with E-state index in [-0.39, 0.29) is 23.8 Å². The number of halogens is 1. The van der Waals surface area contributed by atoms with E-state index in [0.717, 1.165) is 32.4 Å². The molecule has 1 saturated heterocycles. The first kappa shape index (κ1) is 13.7. The van der Waals surface area contributed by atoms with Gasteiger partial charge in [-0.2, -0.15) is 0 Å². The van der Waals surface area contributed by atoms with Crippen LogP contribution in [-0.4, -0.2) is 25.7 Å². The van der Waals surface area contributed by atoms with Crippen molar-refractivity contribution in [2.75, 3.05) is 19.7 Å². The highest BCUT2D eigenvalue weighted by molar-refractivity contribution is 5.76. The van der Waals surface area contributed by atoms with Gasteiger partial charge >= 0.3 is 5.97 Å². The number of esters is 1. The molecule has 0 amide bonds. The minimum absolute atomic E-state index is 0. The molecule has 1 aliphatic rings. The number of piperidine rings is 1. The zero-order chi connectivity index (χ0) is 9.73. The van der Waals surface area contributed by atoms with Crippen LogP contribution < -0.4 is 17.7 Å². The van der Waals surface area contributed by atoms with Gasteiger partial charge in [0, 0.05) is 0 Å². The largest absolute Gasteiger partial charge is 1.00 e. The lowest BCUT2D eigenvalue weighted by atomic mass is 9.78. The maximum absolute atomic E-state index is 11.7. The van der Waals surface area contributed by atoms with Crippen LogP contribution in [-0.2, 0) is 9.53 Å². The average molecular weight is 222 g/mol. The molecule has 14 heavy (non-hydrogen) atoms. The number of ether oxygens (including phenoxy) is 1. The van der Waals surface area contributed by atoms with Crippen molar-refractivity contribution >= 4 is 5.97 Å². The summed E-state index contributed by atoms with van der Waals surface area (Å²) in [4.78, 5) is 11.7. The fourth-order valence-corrected chi connectivity index (χ4v) is 2.00. The van der Waals surface area contributed by atoms with Gasteiger partial charge in [0.25, 0.3) is 0 Å². The Labute approximate surface area is 92.0 Å². The van der Waals surface area contributed by atoms with Crippen molar-refractivity contribution in [3.05, 3.63) is 0 Å². The lowest BCUT2D eigenvalue weighted by Gasteiger charge is -2.31. The van der Waals surface area contributed by atoms with Gasteiger partial charge in [0.1, 0.15) is 5.41 Å². The molecule has 0 aromatic rings. The summed E-state index contributed by atoms with van der Waals surface area (Å²) >= 11 is 0. The molecule has 0 spiro atoms. The van der Waals surface area contributed by atoms with Gasteiger partial charge in [0.2, 0.25) is 0 Å². The molecule has 1 heterocycles. The second kappa shape index (κ2) is 6.25. The van der Waals surface area contributed by atoms with Crippen LogP contribution in [0.3, 0.4) is 0 Å². The number of carbonyl (C=O) groups excluding carboxylic acids is 1. The van der Waals surface area contributed by atoms with E-state index in [1.165, 1.54) is 0 Å². The van der Waals surface area contributed by atoms with Gasteiger partial charge in [-0.3, -0.25) is 4.79 Å². The summed E-state index contributed by atoms with van der Waals surface area (Å²) < 4.78 is 5.12. The molecule has 0 aromatic heterocycles. The van der Waals surface area contributed by atoms with Gasteiger partial charge in [0.15, 0.2) is 0 Å². The van der Waals surface area contributed by atoms with Crippen LogP contribution >= 0.6 is 0 Å². The van der Waals surface area contributed by atoms with E-state index >= 15 is 0 Å². The highest BCUT2D eigenvalue weighted by Gasteiger charge is 2.41. The van der Waals surface area contributed by atoms with E-state index in [0.29, 0.717) is 6.61 Å². The first-order valence-electron chi connectivity index (χ1n) is 5.24. The molecule has 84 valence electrons. The quantitative estimate of drug-likeness (QED) is 0.528. The molecular formula is C10H20ClNO2. The number of quaternary nitrogens is 1. The third kappa shape index (κ3) is 2.85. The molecule has 1 fully saturated rings. The van der Waals surface area contributed by atoms with E-state index < -0.39 is 0 Å². The molecule has 1 aliphatic heterocycles. The molecule has 1 unspecified atom stereocenters. The highest BCUT2D eigenvalue weighted by atomic mass is 35.5. The van der Waals surface area contributed by atoms with E-state index in [1.54, 1.807) is 0 Å². The number of nitrogens with two attached hydrogens (primary N) is 1. The number of rotatable bonds is 3. The Morgan fingerprint density at radius 2 is 2.21 bits per heavy atom. The van der Waals surface area contributed by atoms with Crippen molar-refractivity contribution in [2.45, 2.75) is 33.1 Å². The van der Waals surface area contributed by atoms with Gasteiger partial charge in [-0.1, -0.05) is 6.92 Å². The summed E-state index contributed by atoms with van der Waals surface area (Å²) in [6.07, 6.45) is 3.04. The standard InChI is InChI=1S/C10H19NO2.ClH/c1-3-10(9(12)13-4-2)6-5-7-11-8-10;/h11H,3-8H2,1-2H3;1H. The smallest absolute Gasteiger partial charge is 0.317 e. The molecule has 3 nitrogen and oxygen atoms in total. The Morgan fingerprint density at radius 1 is 1.50 bits per heavy atom. The molecule has 0 saturated carbocycles. The van der Waals surface area contributed by atoms with E-state index in [2.05, 4.69) is 12.2 Å². The zero-order valence-corrected chi connectivity index (χ0v) is 9.77. The van der Waals surface area contributed by atoms with Gasteiger partial charge in [-0.25, -0.2) is 0 Å². The molecule has 0 aromatic carbocycles. The Balaban J connectivity index is 0.00000169. The van der Waals surface area contributed by atoms with Crippen molar-refractivity contribution in [3.63, 3.8) is 0 Å². The third-order valence-electron chi connectivity index (χ3n) is 2.98. The lowest BCUT2D eigenvalue weighted by Crippen LogP contribution is -3.00. The summed E-state index contributed by atoms with van der Waals surface area (Å²) in [5, 5.41) is 2.23. The van der Waals surface area contributed by atoms with Crippen LogP contribution in [0, 0.1) is 5.41 Å². The molecule has 1 rings (SSSR count). The Bertz CT molecular complexity index is 179. The maximum Gasteiger partial charge on any atom is 0.317 e. The predicted molar refractivity (Wildman–Crippen MR) is 50.3 cm³/mol. The van der Waals surface area contributed by atoms with Gasteiger partial charge < -0.3 is 22.5 Å². The summed E-state index contributed by atoms with van der Waals surface area (Å²) in [6, 6.07) is 0. The molecular weight excluding hydrogens is 202 g/mol. The Kier molecular flexibility index (Phi) is 6.12. The fraction of sp³-hybridized carbons (Fsp3) is 0.900. The van der Waals surface area contributed by atoms with Crippen LogP contribution in [0.1, 0.15) is 33.1 Å². The van der Waals surface area contributed by atoms with Gasteiger partial charge in [0.05, 0.1) is 19.7 Å². The number of hydrogen-bond donors (Lipinski definition) is 1. The van der Waals surface area contributed by atoms with Gasteiger partial charge in [-0.05, 0) is 26.2 Å². The zero-order valence-electron chi connectivity index (χ0n) is 9.01. The SMILES string of the molecule is CCOC(=O)C1(CC)CCC[NH2+]C1.[Cl-]. The average Bonchev–Trinajstić information content (AvgIpc) is 2.19. The number of hydrogen-bond acceptors (Lipinski definition) is 2. The molecule has 4 heteroatoms. The van der Waals surface area contributed by atoms with Crippen molar-refractivity contribution in [3.8, 4) is 0 Å². The normalized spacial score (nSPS) is 26.4. The molecule has 0 radical (unpaired) electrons. The van der Waals surface area contributed by atoms with Crippen molar-refractivity contribution in [1.29, 1.82) is 0 Å². The predicted octanol–water partition coefficient (Wildman–Crippen LogP) is -2.69. The lowest BCUT2D eigenvalue weighted by molar-refractivity contribution is -0.673. The third-order valence-corrected chi connectivity index (χ3v) is 2.98. The molecule has 2 N–H and O–H groups in total. The topological polar surface area (TPSA) is 42.9 Å². The van der Waals surface area contributed by atoms with Crippen molar-refractivity contribution in [2.24, 2.45) is 5.41 Å². The van der Waals surface area contributed by atoms with Crippen molar-refractivity contribution < 1.29 is 27.3 Å². The van der Waals surface area contributed by atoms with Gasteiger partial charge in [-0.15, -0.1) is 0 Å². The number of carbonyl (C=O) groups is 1. The Hall–Kier alpha value is -0.280. The summed E-state index contributed by atoms with van der Waals surface area (Å²) in [7, 11) is 0. The first-order valence-corrected chi connectivity index (χ1v) is 5.24. The van der Waals surface area contributed by atoms with Crippen LogP contribution in [0.2, 0.25) is 0 Å². The molecule has 1 atom stereocenters. The van der Waals surface area contributed by atoms with E-state index in [1.807, 2.05) is 6.92 Å². The fourth-order valence-electron chi connectivity index (χ4n) is 2.00. The van der Waals surface area contributed by atoms with E-state index in [9.17, 15) is 4.79 Å². The van der Waals surface area contributed by atoms with Crippen LogP contribution in [0.5, 0.6) is 0 Å². The van der Waals surface area contributed by atoms with Crippen LogP contribution in [0.4, 0.5) is 0 Å². The van der Waals surface area contributed by atoms with E-state index in [4.69, 9.17) is 4.74 Å². The minimum Gasteiger partial charge on any atom is -1.00 e. The summed E-state index contributed by atoms with van der Waals surface area (Å²) in [6.45, 7) is 6.51. The monoisotopic (exact) mass is 221 g/mol. The van der Waals surface area contributed by atoms with Crippen LogP contribution in [0.15, 0.2) is 0 Å². The first-order chi connectivity index (χ1) is 6.25. The second-order valence-corrected chi connectivity index (χ2v) is 3.74. The van der Waals surface area contributed by atoms with Crippen molar-refractivity contribution in [1.82, 2.24) is 0 Å². The minimum atomic E-state index is -0.186. The maximum atomic E-state index is 11.7. The summed E-state index contributed by atoms with van der Waals surface area (Å²) in [5.74, 6) is 0.00782. The van der Waals surface area contributed by atoms with Crippen LogP contribution in [0.25, 0.3) is 0 Å². The summed E-state index contributed by atoms with van der Waals surface area (Å²) in [5.41, 5.74) is -0.186. The second-order valence-electron chi connectivity index (χ2n) is 3.74. The Morgan fingerprint density at radius 3 is 2.64 bits per heavy atom.